The van der Waals surface area contributed by atoms with Gasteiger partial charge in [-0.1, -0.05) is 46.2 Å². The number of likely N-dealkylation sites (tertiary alicyclic amines) is 1. The Hall–Kier alpha value is -3.85. The predicted octanol–water partition coefficient (Wildman–Crippen LogP) is 4.32. The van der Waals surface area contributed by atoms with Crippen LogP contribution in [-0.2, 0) is 29.1 Å². The molecule has 3 fully saturated rings. The van der Waals surface area contributed by atoms with Crippen LogP contribution in [0.4, 0.5) is 4.79 Å². The number of nitrogens with zero attached hydrogens (tertiary/aromatic N) is 2. The van der Waals surface area contributed by atoms with E-state index < -0.39 is 73.8 Å². The molecule has 1 aromatic heterocycles. The average Bonchev–Trinajstić information content (AvgIpc) is 3.95. The first-order valence-corrected chi connectivity index (χ1v) is 19.5. The number of carbonyl (C=O) groups excluding carboxylic acids is 4. The molecule has 0 radical (unpaired) electrons. The molecule has 5 rings (SSSR count). The number of methoxy groups -OCH3 is 1. The van der Waals surface area contributed by atoms with Gasteiger partial charge in [0, 0.05) is 22.2 Å². The fraction of sp³-hybridized carbons (Fsp3) is 0.639. The van der Waals surface area contributed by atoms with Crippen molar-refractivity contribution in [2.75, 3.05) is 13.7 Å². The maximum atomic E-state index is 14.5. The van der Waals surface area contributed by atoms with E-state index in [-0.39, 0.29) is 37.1 Å². The van der Waals surface area contributed by atoms with Gasteiger partial charge in [0.25, 0.3) is 5.91 Å². The number of halogens is 1. The minimum atomic E-state index is -3.89. The lowest BCUT2D eigenvalue weighted by atomic mass is 9.85. The number of hydrogen-bond acceptors (Lipinski definition) is 10. The Balaban J connectivity index is 1.47. The molecule has 1 saturated heterocycles. The van der Waals surface area contributed by atoms with Crippen molar-refractivity contribution in [2.24, 2.45) is 17.3 Å². The fourth-order valence-corrected chi connectivity index (χ4v) is 8.27. The molecule has 14 nitrogen and oxygen atoms in total. The van der Waals surface area contributed by atoms with Crippen molar-refractivity contribution in [3.63, 3.8) is 0 Å². The Morgan fingerprint density at radius 3 is 2.29 bits per heavy atom. The number of fused-ring (bicyclic) bond motifs is 1. The highest BCUT2D eigenvalue weighted by atomic mass is 35.5. The lowest BCUT2D eigenvalue weighted by Gasteiger charge is -2.36. The number of sulfonamides is 1. The standard InChI is InChI=1S/C36H50ClN5O9S/c1-19(2)25-16-36(25,32(45)41-52(47,48)22-11-12-22)40-29(43)26-15-21(50-30-24-14-20(37)10-13-23(24)27(49-9)17-38-30)18-42(26)31(44)28(34(3,4)5)39-33(46)51-35(6,7)8/h10,13-14,17,19,21-22,25-26,28H,11-12,15-16,18H2,1-9H3,(H,39,46)(H,40,43)(H,41,45)/t21-,25+,26+,28-,36-/m1/s1. The largest absolute Gasteiger partial charge is 0.494 e. The first-order chi connectivity index (χ1) is 24.1. The maximum absolute atomic E-state index is 14.5. The molecule has 2 aromatic rings. The van der Waals surface area contributed by atoms with E-state index in [2.05, 4.69) is 20.3 Å². The predicted molar refractivity (Wildman–Crippen MR) is 194 cm³/mol. The Morgan fingerprint density at radius 2 is 1.73 bits per heavy atom. The van der Waals surface area contributed by atoms with Gasteiger partial charge in [-0.15, -0.1) is 0 Å². The van der Waals surface area contributed by atoms with Gasteiger partial charge in [0.1, 0.15) is 35.1 Å². The minimum Gasteiger partial charge on any atom is -0.494 e. The monoisotopic (exact) mass is 763 g/mol. The van der Waals surface area contributed by atoms with Crippen molar-refractivity contribution in [3.8, 4) is 11.6 Å². The molecule has 3 N–H and O–H groups in total. The maximum Gasteiger partial charge on any atom is 0.408 e. The molecule has 5 atom stereocenters. The van der Waals surface area contributed by atoms with Gasteiger partial charge < -0.3 is 29.7 Å². The van der Waals surface area contributed by atoms with Crippen molar-refractivity contribution >= 4 is 56.2 Å². The summed E-state index contributed by atoms with van der Waals surface area (Å²) in [5.41, 5.74) is -3.14. The molecular formula is C36H50ClN5O9S. The second kappa shape index (κ2) is 14.2. The summed E-state index contributed by atoms with van der Waals surface area (Å²) in [6.07, 6.45) is 1.11. The number of nitrogens with one attached hydrogen (secondary N) is 3. The van der Waals surface area contributed by atoms with Gasteiger partial charge in [-0.2, -0.15) is 0 Å². The van der Waals surface area contributed by atoms with Crippen LogP contribution in [0.25, 0.3) is 10.8 Å². The molecule has 16 heteroatoms. The zero-order valence-corrected chi connectivity index (χ0v) is 32.7. The normalized spacial score (nSPS) is 23.9. The molecule has 1 aromatic carbocycles. The van der Waals surface area contributed by atoms with Gasteiger partial charge in [0.2, 0.25) is 27.7 Å². The second-order valence-corrected chi connectivity index (χ2v) is 18.8. The fourth-order valence-electron chi connectivity index (χ4n) is 6.73. The number of benzene rings is 1. The van der Waals surface area contributed by atoms with Crippen molar-refractivity contribution < 1.29 is 41.8 Å². The van der Waals surface area contributed by atoms with E-state index in [1.807, 2.05) is 13.8 Å². The highest BCUT2D eigenvalue weighted by Crippen LogP contribution is 2.49. The molecule has 0 bridgehead atoms. The van der Waals surface area contributed by atoms with Crippen LogP contribution in [0.3, 0.4) is 0 Å². The topological polar surface area (TPSA) is 182 Å². The van der Waals surface area contributed by atoms with Crippen LogP contribution in [0.1, 0.15) is 81.1 Å². The van der Waals surface area contributed by atoms with Gasteiger partial charge in [0.15, 0.2) is 0 Å². The van der Waals surface area contributed by atoms with Crippen molar-refractivity contribution in [1.29, 1.82) is 0 Å². The summed E-state index contributed by atoms with van der Waals surface area (Å²) >= 11 is 6.33. The summed E-state index contributed by atoms with van der Waals surface area (Å²) in [7, 11) is -2.37. The first kappa shape index (κ1) is 39.4. The van der Waals surface area contributed by atoms with Crippen LogP contribution in [0.2, 0.25) is 5.02 Å². The van der Waals surface area contributed by atoms with E-state index in [1.165, 1.54) is 18.2 Å². The van der Waals surface area contributed by atoms with Crippen molar-refractivity contribution in [2.45, 2.75) is 116 Å². The Labute approximate surface area is 310 Å². The molecule has 286 valence electrons. The van der Waals surface area contributed by atoms with Gasteiger partial charge in [0.05, 0.1) is 25.1 Å². The molecular weight excluding hydrogens is 714 g/mol. The van der Waals surface area contributed by atoms with Gasteiger partial charge in [-0.25, -0.2) is 18.2 Å². The Bertz CT molecular complexity index is 1850. The third kappa shape index (κ3) is 8.51. The number of carbonyl (C=O) groups is 4. The molecule has 2 aliphatic carbocycles. The number of pyridine rings is 1. The van der Waals surface area contributed by atoms with E-state index in [4.69, 9.17) is 25.8 Å². The average molecular weight is 764 g/mol. The van der Waals surface area contributed by atoms with Crippen LogP contribution in [0.5, 0.6) is 11.6 Å². The minimum absolute atomic E-state index is 0.00105. The van der Waals surface area contributed by atoms with Crippen LogP contribution in [-0.4, -0.2) is 90.3 Å². The van der Waals surface area contributed by atoms with Crippen LogP contribution < -0.4 is 24.8 Å². The summed E-state index contributed by atoms with van der Waals surface area (Å²) in [6, 6.07) is 2.88. The number of ether oxygens (including phenoxy) is 3. The lowest BCUT2D eigenvalue weighted by molar-refractivity contribution is -0.143. The Kier molecular flexibility index (Phi) is 10.7. The van der Waals surface area contributed by atoms with Crippen LogP contribution in [0, 0.1) is 17.3 Å². The second-order valence-electron chi connectivity index (χ2n) is 16.4. The molecule has 3 aliphatic rings. The summed E-state index contributed by atoms with van der Waals surface area (Å²) in [5.74, 6) is -1.69. The summed E-state index contributed by atoms with van der Waals surface area (Å²) < 4.78 is 45.1. The molecule has 2 heterocycles. The van der Waals surface area contributed by atoms with Crippen molar-refractivity contribution in [1.82, 2.24) is 25.2 Å². The SMILES string of the molecule is COc1cnc(O[C@@H]2C[C@@H](C(=O)N[C@]3(C(=O)NS(=O)(=O)C4CC4)C[C@H]3C(C)C)N(C(=O)[C@@H](NC(=O)OC(C)(C)C)C(C)(C)C)C2)c2cc(Cl)ccc12. The lowest BCUT2D eigenvalue weighted by Crippen LogP contribution is -2.60. The Morgan fingerprint density at radius 1 is 1.06 bits per heavy atom. The number of aromatic nitrogens is 1. The quantitative estimate of drug-likeness (QED) is 0.298. The van der Waals surface area contributed by atoms with Crippen LogP contribution in [0.15, 0.2) is 24.4 Å². The molecule has 1 aliphatic heterocycles. The smallest absolute Gasteiger partial charge is 0.408 e. The highest BCUT2D eigenvalue weighted by molar-refractivity contribution is 7.91. The summed E-state index contributed by atoms with van der Waals surface area (Å²) in [4.78, 5) is 61.3. The number of amides is 4. The van der Waals surface area contributed by atoms with Gasteiger partial charge >= 0.3 is 6.09 Å². The number of hydrogen-bond donors (Lipinski definition) is 3. The molecule has 52 heavy (non-hydrogen) atoms. The van der Waals surface area contributed by atoms with E-state index in [1.54, 1.807) is 59.7 Å². The van der Waals surface area contributed by atoms with E-state index >= 15 is 0 Å². The van der Waals surface area contributed by atoms with Crippen LogP contribution >= 0.6 is 11.6 Å². The highest BCUT2D eigenvalue weighted by Gasteiger charge is 2.64. The van der Waals surface area contributed by atoms with Crippen molar-refractivity contribution in [3.05, 3.63) is 29.4 Å². The molecule has 0 spiro atoms. The van der Waals surface area contributed by atoms with Gasteiger partial charge in [-0.3, -0.25) is 19.1 Å². The third-order valence-corrected chi connectivity index (χ3v) is 11.7. The third-order valence-electron chi connectivity index (χ3n) is 9.67. The van der Waals surface area contributed by atoms with E-state index in [0.29, 0.717) is 34.4 Å². The van der Waals surface area contributed by atoms with Gasteiger partial charge in [-0.05, 0) is 75.5 Å². The molecule has 2 saturated carbocycles. The number of rotatable bonds is 11. The molecule has 0 unspecified atom stereocenters. The van der Waals surface area contributed by atoms with E-state index in [9.17, 15) is 27.6 Å². The summed E-state index contributed by atoms with van der Waals surface area (Å²) in [5, 5.41) is 6.62. The summed E-state index contributed by atoms with van der Waals surface area (Å²) in [6.45, 7) is 14.2. The number of alkyl carbamates (subject to hydrolysis) is 1. The molecule has 4 amide bonds. The zero-order valence-electron chi connectivity index (χ0n) is 31.2. The first-order valence-electron chi connectivity index (χ1n) is 17.5. The van der Waals surface area contributed by atoms with E-state index in [0.717, 1.165) is 0 Å². The zero-order chi connectivity index (χ0) is 38.6.